The molecule has 166 valence electrons. The fraction of sp³-hybridized carbons (Fsp3) is 0.261. The van der Waals surface area contributed by atoms with Gasteiger partial charge in [0, 0.05) is 54.3 Å². The van der Waals surface area contributed by atoms with Gasteiger partial charge >= 0.3 is 6.03 Å². The maximum atomic E-state index is 12.6. The molecule has 0 saturated carbocycles. The molecule has 1 aliphatic rings. The van der Waals surface area contributed by atoms with Crippen LogP contribution in [0.15, 0.2) is 54.6 Å². The van der Waals surface area contributed by atoms with Crippen LogP contribution in [-0.2, 0) is 0 Å². The predicted molar refractivity (Wildman–Crippen MR) is 127 cm³/mol. The zero-order valence-electron chi connectivity index (χ0n) is 18.0. The first-order valence-corrected chi connectivity index (χ1v) is 10.7. The van der Waals surface area contributed by atoms with E-state index in [1.807, 2.05) is 37.3 Å². The van der Waals surface area contributed by atoms with E-state index < -0.39 is 0 Å². The van der Waals surface area contributed by atoms with Crippen LogP contribution in [0.4, 0.5) is 27.9 Å². The Kier molecular flexibility index (Phi) is 6.61. The van der Waals surface area contributed by atoms with Crippen LogP contribution in [0.1, 0.15) is 5.69 Å². The highest BCUT2D eigenvalue weighted by Gasteiger charge is 2.23. The number of nitrogens with zero attached hydrogens (tertiary/aromatic N) is 4. The highest BCUT2D eigenvalue weighted by atomic mass is 35.5. The Morgan fingerprint density at radius 1 is 0.969 bits per heavy atom. The molecule has 0 aliphatic carbocycles. The van der Waals surface area contributed by atoms with Crippen LogP contribution in [0, 0.1) is 6.92 Å². The molecule has 0 atom stereocenters. The predicted octanol–water partition coefficient (Wildman–Crippen LogP) is 4.54. The summed E-state index contributed by atoms with van der Waals surface area (Å²) in [6, 6.07) is 16.5. The van der Waals surface area contributed by atoms with Gasteiger partial charge in [-0.15, -0.1) is 0 Å². The molecule has 1 saturated heterocycles. The Labute approximate surface area is 192 Å². The number of hydrogen-bond acceptors (Lipinski definition) is 6. The molecule has 32 heavy (non-hydrogen) atoms. The van der Waals surface area contributed by atoms with E-state index in [9.17, 15) is 4.79 Å². The Hall–Kier alpha value is -3.52. The number of piperazine rings is 1. The van der Waals surface area contributed by atoms with Crippen molar-refractivity contribution in [2.45, 2.75) is 6.92 Å². The van der Waals surface area contributed by atoms with Crippen LogP contribution in [-0.4, -0.2) is 54.2 Å². The number of carbonyl (C=O) groups excluding carboxylic acids is 1. The van der Waals surface area contributed by atoms with Crippen molar-refractivity contribution >= 4 is 40.8 Å². The summed E-state index contributed by atoms with van der Waals surface area (Å²) in [6.07, 6.45) is 0. The number of hydrogen-bond donors (Lipinski definition) is 2. The quantitative estimate of drug-likeness (QED) is 0.591. The van der Waals surface area contributed by atoms with Crippen LogP contribution in [0.2, 0.25) is 5.02 Å². The van der Waals surface area contributed by atoms with Crippen LogP contribution in [0.25, 0.3) is 0 Å². The smallest absolute Gasteiger partial charge is 0.321 e. The number of amides is 2. The largest absolute Gasteiger partial charge is 0.497 e. The van der Waals surface area contributed by atoms with Crippen LogP contribution in [0.3, 0.4) is 0 Å². The van der Waals surface area contributed by atoms with Crippen LogP contribution in [0.5, 0.6) is 5.75 Å². The molecular weight excluding hydrogens is 428 g/mol. The molecule has 0 unspecified atom stereocenters. The van der Waals surface area contributed by atoms with E-state index in [1.165, 1.54) is 0 Å². The SMILES string of the molecule is COc1ccc(Nc2cc(C)nc(N3CCN(C(=O)Nc4ccc(Cl)cc4)CC3)n2)cc1. The Morgan fingerprint density at radius 3 is 2.28 bits per heavy atom. The Bertz CT molecular complexity index is 1070. The first-order chi connectivity index (χ1) is 15.5. The van der Waals surface area contributed by atoms with E-state index in [1.54, 1.807) is 36.3 Å². The highest BCUT2D eigenvalue weighted by Crippen LogP contribution is 2.22. The van der Waals surface area contributed by atoms with Gasteiger partial charge in [-0.25, -0.2) is 9.78 Å². The maximum absolute atomic E-state index is 12.6. The summed E-state index contributed by atoms with van der Waals surface area (Å²) in [5.74, 6) is 2.17. The number of anilines is 4. The van der Waals surface area contributed by atoms with Crippen molar-refractivity contribution < 1.29 is 9.53 Å². The van der Waals surface area contributed by atoms with E-state index in [4.69, 9.17) is 16.3 Å². The summed E-state index contributed by atoms with van der Waals surface area (Å²) in [6.45, 7) is 4.41. The number of benzene rings is 2. The molecule has 2 heterocycles. The third-order valence-corrected chi connectivity index (χ3v) is 5.40. The van der Waals surface area contributed by atoms with Gasteiger partial charge in [0.05, 0.1) is 7.11 Å². The minimum absolute atomic E-state index is 0.126. The zero-order valence-corrected chi connectivity index (χ0v) is 18.8. The molecule has 1 aliphatic heterocycles. The lowest BCUT2D eigenvalue weighted by molar-refractivity contribution is 0.208. The monoisotopic (exact) mass is 452 g/mol. The van der Waals surface area contributed by atoms with Crippen molar-refractivity contribution in [3.05, 3.63) is 65.3 Å². The number of methoxy groups -OCH3 is 1. The standard InChI is InChI=1S/C23H25ClN6O2/c1-16-15-21(26-18-7-9-20(32-2)10-8-18)28-22(25-16)29-11-13-30(14-12-29)23(31)27-19-5-3-17(24)4-6-19/h3-10,15H,11-14H2,1-2H3,(H,27,31)(H,25,26,28). The fourth-order valence-corrected chi connectivity index (χ4v) is 3.55. The Morgan fingerprint density at radius 2 is 1.62 bits per heavy atom. The van der Waals surface area contributed by atoms with E-state index in [-0.39, 0.29) is 6.03 Å². The molecule has 4 rings (SSSR count). The number of nitrogens with one attached hydrogen (secondary N) is 2. The van der Waals surface area contributed by atoms with Crippen molar-refractivity contribution in [3.63, 3.8) is 0 Å². The van der Waals surface area contributed by atoms with Gasteiger partial charge in [-0.05, 0) is 55.5 Å². The van der Waals surface area contributed by atoms with Gasteiger partial charge in [0.2, 0.25) is 5.95 Å². The lowest BCUT2D eigenvalue weighted by atomic mass is 10.3. The van der Waals surface area contributed by atoms with Gasteiger partial charge in [-0.2, -0.15) is 4.98 Å². The molecule has 0 spiro atoms. The summed E-state index contributed by atoms with van der Waals surface area (Å²) < 4.78 is 5.20. The number of aryl methyl sites for hydroxylation is 1. The van der Waals surface area contributed by atoms with Gasteiger partial charge in [0.15, 0.2) is 0 Å². The van der Waals surface area contributed by atoms with Gasteiger partial charge in [0.1, 0.15) is 11.6 Å². The average molecular weight is 453 g/mol. The van der Waals surface area contributed by atoms with Gasteiger partial charge in [0.25, 0.3) is 0 Å². The lowest BCUT2D eigenvalue weighted by Crippen LogP contribution is -2.50. The molecular formula is C23H25ClN6O2. The molecule has 8 nitrogen and oxygen atoms in total. The second-order valence-corrected chi connectivity index (χ2v) is 7.90. The number of rotatable bonds is 5. The average Bonchev–Trinajstić information content (AvgIpc) is 2.81. The zero-order chi connectivity index (χ0) is 22.5. The van der Waals surface area contributed by atoms with Crippen molar-refractivity contribution in [2.75, 3.05) is 48.8 Å². The maximum Gasteiger partial charge on any atom is 0.321 e. The molecule has 0 bridgehead atoms. The summed E-state index contributed by atoms with van der Waals surface area (Å²) in [5, 5.41) is 6.86. The summed E-state index contributed by atoms with van der Waals surface area (Å²) in [4.78, 5) is 25.7. The second-order valence-electron chi connectivity index (χ2n) is 7.46. The summed E-state index contributed by atoms with van der Waals surface area (Å²) in [5.41, 5.74) is 2.51. The van der Waals surface area contributed by atoms with Crippen molar-refractivity contribution in [3.8, 4) is 5.75 Å². The Balaban J connectivity index is 1.37. The van der Waals surface area contributed by atoms with Gasteiger partial charge < -0.3 is 25.2 Å². The normalized spacial score (nSPS) is 13.6. The van der Waals surface area contributed by atoms with E-state index >= 15 is 0 Å². The van der Waals surface area contributed by atoms with Crippen molar-refractivity contribution in [1.82, 2.24) is 14.9 Å². The molecule has 0 radical (unpaired) electrons. The fourth-order valence-electron chi connectivity index (χ4n) is 3.43. The van der Waals surface area contributed by atoms with Crippen molar-refractivity contribution in [2.24, 2.45) is 0 Å². The number of ether oxygens (including phenoxy) is 1. The number of aromatic nitrogens is 2. The van der Waals surface area contributed by atoms with Crippen LogP contribution >= 0.6 is 11.6 Å². The molecule has 2 amide bonds. The van der Waals surface area contributed by atoms with E-state index in [0.717, 1.165) is 28.6 Å². The summed E-state index contributed by atoms with van der Waals surface area (Å²) >= 11 is 5.90. The number of carbonyl (C=O) groups is 1. The molecule has 2 aromatic carbocycles. The summed E-state index contributed by atoms with van der Waals surface area (Å²) in [7, 11) is 1.64. The third kappa shape index (κ3) is 5.39. The van der Waals surface area contributed by atoms with Crippen molar-refractivity contribution in [1.29, 1.82) is 0 Å². The highest BCUT2D eigenvalue weighted by molar-refractivity contribution is 6.30. The lowest BCUT2D eigenvalue weighted by Gasteiger charge is -2.34. The van der Waals surface area contributed by atoms with Gasteiger partial charge in [-0.1, -0.05) is 11.6 Å². The van der Waals surface area contributed by atoms with Crippen LogP contribution < -0.4 is 20.3 Å². The molecule has 1 aromatic heterocycles. The third-order valence-electron chi connectivity index (χ3n) is 5.15. The molecule has 2 N–H and O–H groups in total. The second kappa shape index (κ2) is 9.74. The molecule has 9 heteroatoms. The first kappa shape index (κ1) is 21.7. The molecule has 3 aromatic rings. The van der Waals surface area contributed by atoms with E-state index in [2.05, 4.69) is 25.5 Å². The number of urea groups is 1. The molecule has 1 fully saturated rings. The van der Waals surface area contributed by atoms with E-state index in [0.29, 0.717) is 37.1 Å². The topological polar surface area (TPSA) is 82.6 Å². The first-order valence-electron chi connectivity index (χ1n) is 10.3. The number of halogens is 1. The van der Waals surface area contributed by atoms with Gasteiger partial charge in [-0.3, -0.25) is 0 Å². The minimum Gasteiger partial charge on any atom is -0.497 e. The minimum atomic E-state index is -0.126.